The first-order chi connectivity index (χ1) is 13.5. The van der Waals surface area contributed by atoms with E-state index in [1.165, 1.54) is 28.8 Å². The van der Waals surface area contributed by atoms with Gasteiger partial charge in [-0.1, -0.05) is 42.5 Å². The zero-order valence-corrected chi connectivity index (χ0v) is 16.0. The van der Waals surface area contributed by atoms with Crippen LogP contribution in [0.3, 0.4) is 0 Å². The number of hydrogen-bond donors (Lipinski definition) is 0. The molecule has 0 N–H and O–H groups in total. The maximum atomic E-state index is 13.1. The van der Waals surface area contributed by atoms with Crippen LogP contribution in [0.25, 0.3) is 0 Å². The smallest absolute Gasteiger partial charge is 0.264 e. The monoisotopic (exact) mass is 392 g/mol. The van der Waals surface area contributed by atoms with Crippen molar-refractivity contribution in [3.05, 3.63) is 94.4 Å². The third kappa shape index (κ3) is 3.55. The number of amides is 2. The molecule has 1 aromatic heterocycles. The van der Waals surface area contributed by atoms with Crippen LogP contribution in [0.5, 0.6) is 0 Å². The molecule has 3 aromatic rings. The topological polar surface area (TPSA) is 50.3 Å². The molecule has 0 bridgehead atoms. The number of carbonyl (C=O) groups excluding carboxylic acids is 2. The molecule has 0 aliphatic carbocycles. The second kappa shape index (κ2) is 7.56. The van der Waals surface area contributed by atoms with Crippen molar-refractivity contribution in [2.24, 2.45) is 0 Å². The SMILES string of the molecule is Cc1cc2c(c(SCc3ccc(F)cc3)n1)C(=O)N(Cc1ccccc1)C2=O. The number of thioether (sulfide) groups is 1. The Labute approximate surface area is 166 Å². The summed E-state index contributed by atoms with van der Waals surface area (Å²) in [6.07, 6.45) is 0. The van der Waals surface area contributed by atoms with Crippen molar-refractivity contribution in [1.29, 1.82) is 0 Å². The highest BCUT2D eigenvalue weighted by molar-refractivity contribution is 7.98. The third-order valence-electron chi connectivity index (χ3n) is 4.52. The number of halogens is 1. The summed E-state index contributed by atoms with van der Waals surface area (Å²) >= 11 is 1.38. The Hall–Kier alpha value is -2.99. The molecule has 6 heteroatoms. The van der Waals surface area contributed by atoms with Gasteiger partial charge in [0.05, 0.1) is 17.7 Å². The van der Waals surface area contributed by atoms with Gasteiger partial charge in [0, 0.05) is 11.4 Å². The van der Waals surface area contributed by atoms with Crippen molar-refractivity contribution >= 4 is 23.6 Å². The summed E-state index contributed by atoms with van der Waals surface area (Å²) in [6.45, 7) is 2.04. The van der Waals surface area contributed by atoms with Crippen LogP contribution in [-0.4, -0.2) is 21.7 Å². The quantitative estimate of drug-likeness (QED) is 0.470. The van der Waals surface area contributed by atoms with Gasteiger partial charge in [-0.2, -0.15) is 0 Å². The van der Waals surface area contributed by atoms with Crippen molar-refractivity contribution in [3.63, 3.8) is 0 Å². The lowest BCUT2D eigenvalue weighted by atomic mass is 10.1. The first-order valence-electron chi connectivity index (χ1n) is 8.82. The van der Waals surface area contributed by atoms with Gasteiger partial charge in [0.25, 0.3) is 11.8 Å². The average molecular weight is 392 g/mol. The fourth-order valence-electron chi connectivity index (χ4n) is 3.14. The van der Waals surface area contributed by atoms with Crippen LogP contribution in [0.4, 0.5) is 4.39 Å². The van der Waals surface area contributed by atoms with Crippen LogP contribution in [0.1, 0.15) is 37.5 Å². The molecule has 0 spiro atoms. The largest absolute Gasteiger partial charge is 0.270 e. The van der Waals surface area contributed by atoms with Crippen molar-refractivity contribution in [2.75, 3.05) is 0 Å². The van der Waals surface area contributed by atoms with Crippen LogP contribution in [-0.2, 0) is 12.3 Å². The zero-order chi connectivity index (χ0) is 19.7. The number of pyridine rings is 1. The molecular weight excluding hydrogens is 375 g/mol. The molecular formula is C22H17FN2O2S. The molecule has 1 aliphatic rings. The number of rotatable bonds is 5. The number of aryl methyl sites for hydroxylation is 1. The predicted octanol–water partition coefficient (Wildman–Crippen LogP) is 4.62. The molecule has 0 unspecified atom stereocenters. The minimum absolute atomic E-state index is 0.230. The fourth-order valence-corrected chi connectivity index (χ4v) is 4.18. The first kappa shape index (κ1) is 18.4. The number of aromatic nitrogens is 1. The molecule has 140 valence electrons. The highest BCUT2D eigenvalue weighted by Gasteiger charge is 2.38. The van der Waals surface area contributed by atoms with Crippen LogP contribution in [0, 0.1) is 12.7 Å². The molecule has 2 amide bonds. The Balaban J connectivity index is 1.62. The lowest BCUT2D eigenvalue weighted by Crippen LogP contribution is -2.29. The standard InChI is InChI=1S/C22H17FN2O2S/c1-14-11-18-19(20(24-14)28-13-16-7-9-17(23)10-8-16)22(27)25(21(18)26)12-15-5-3-2-4-6-15/h2-11H,12-13H2,1H3. The van der Waals surface area contributed by atoms with Crippen LogP contribution >= 0.6 is 11.8 Å². The summed E-state index contributed by atoms with van der Waals surface area (Å²) in [6, 6.07) is 17.3. The van der Waals surface area contributed by atoms with E-state index in [9.17, 15) is 14.0 Å². The molecule has 4 rings (SSSR count). The lowest BCUT2D eigenvalue weighted by molar-refractivity contribution is 0.0641. The van der Waals surface area contributed by atoms with Gasteiger partial charge in [-0.05, 0) is 36.2 Å². The van der Waals surface area contributed by atoms with Gasteiger partial charge >= 0.3 is 0 Å². The van der Waals surface area contributed by atoms with Gasteiger partial charge in [0.15, 0.2) is 0 Å². The minimum Gasteiger partial charge on any atom is -0.270 e. The van der Waals surface area contributed by atoms with E-state index < -0.39 is 0 Å². The molecule has 0 saturated heterocycles. The molecule has 0 atom stereocenters. The second-order valence-corrected chi connectivity index (χ2v) is 7.55. The predicted molar refractivity (Wildman–Crippen MR) is 106 cm³/mol. The molecule has 0 saturated carbocycles. The van der Waals surface area contributed by atoms with Gasteiger partial charge in [-0.25, -0.2) is 9.37 Å². The zero-order valence-electron chi connectivity index (χ0n) is 15.2. The number of carbonyl (C=O) groups is 2. The Morgan fingerprint density at radius 3 is 2.39 bits per heavy atom. The summed E-state index contributed by atoms with van der Waals surface area (Å²) in [5, 5.41) is 0.535. The number of nitrogens with zero attached hydrogens (tertiary/aromatic N) is 2. The summed E-state index contributed by atoms with van der Waals surface area (Å²) in [5.74, 6) is -0.375. The minimum atomic E-state index is -0.321. The summed E-state index contributed by atoms with van der Waals surface area (Å²) in [7, 11) is 0. The number of hydrogen-bond acceptors (Lipinski definition) is 4. The number of imide groups is 1. The van der Waals surface area contributed by atoms with E-state index in [1.54, 1.807) is 25.1 Å². The Morgan fingerprint density at radius 2 is 1.68 bits per heavy atom. The summed E-state index contributed by atoms with van der Waals surface area (Å²) in [4.78, 5) is 31.6. The van der Waals surface area contributed by atoms with E-state index in [1.807, 2.05) is 30.3 Å². The molecule has 0 radical (unpaired) electrons. The Bertz CT molecular complexity index is 1050. The van der Waals surface area contributed by atoms with E-state index in [2.05, 4.69) is 4.98 Å². The van der Waals surface area contributed by atoms with Crippen LogP contribution in [0.15, 0.2) is 65.7 Å². The van der Waals surface area contributed by atoms with Gasteiger partial charge < -0.3 is 0 Å². The average Bonchev–Trinajstić information content (AvgIpc) is 2.93. The van der Waals surface area contributed by atoms with Gasteiger partial charge in [-0.3, -0.25) is 14.5 Å². The first-order valence-corrected chi connectivity index (χ1v) is 9.80. The van der Waals surface area contributed by atoms with Crippen LogP contribution in [0.2, 0.25) is 0 Å². The van der Waals surface area contributed by atoms with Crippen molar-refractivity contribution in [3.8, 4) is 0 Å². The Kier molecular flexibility index (Phi) is 4.96. The Morgan fingerprint density at radius 1 is 0.964 bits per heavy atom. The normalized spacial score (nSPS) is 13.1. The number of fused-ring (bicyclic) bond motifs is 1. The van der Waals surface area contributed by atoms with Gasteiger partial charge in [0.2, 0.25) is 0 Å². The van der Waals surface area contributed by atoms with Crippen molar-refractivity contribution in [2.45, 2.75) is 24.2 Å². The third-order valence-corrected chi connectivity index (χ3v) is 5.57. The second-order valence-electron chi connectivity index (χ2n) is 6.59. The molecule has 2 heterocycles. The molecule has 1 aliphatic heterocycles. The molecule has 4 nitrogen and oxygen atoms in total. The van der Waals surface area contributed by atoms with Crippen LogP contribution < -0.4 is 0 Å². The molecule has 28 heavy (non-hydrogen) atoms. The van der Waals surface area contributed by atoms with Gasteiger partial charge in [0.1, 0.15) is 10.8 Å². The maximum absolute atomic E-state index is 13.1. The van der Waals surface area contributed by atoms with E-state index in [4.69, 9.17) is 0 Å². The fraction of sp³-hybridized carbons (Fsp3) is 0.136. The lowest BCUT2D eigenvalue weighted by Gasteiger charge is -2.13. The van der Waals surface area contributed by atoms with E-state index in [0.717, 1.165) is 11.1 Å². The molecule has 0 fully saturated rings. The molecule has 2 aromatic carbocycles. The summed E-state index contributed by atoms with van der Waals surface area (Å²) < 4.78 is 13.1. The maximum Gasteiger partial charge on any atom is 0.264 e. The van der Waals surface area contributed by atoms with Crippen molar-refractivity contribution < 1.29 is 14.0 Å². The van der Waals surface area contributed by atoms with Gasteiger partial charge in [-0.15, -0.1) is 11.8 Å². The highest BCUT2D eigenvalue weighted by atomic mass is 32.2. The van der Waals surface area contributed by atoms with E-state index in [0.29, 0.717) is 27.6 Å². The number of benzene rings is 2. The van der Waals surface area contributed by atoms with E-state index >= 15 is 0 Å². The summed E-state index contributed by atoms with van der Waals surface area (Å²) in [5.41, 5.74) is 3.25. The highest BCUT2D eigenvalue weighted by Crippen LogP contribution is 2.33. The van der Waals surface area contributed by atoms with Crippen molar-refractivity contribution in [1.82, 2.24) is 9.88 Å². The van der Waals surface area contributed by atoms with E-state index in [-0.39, 0.29) is 24.2 Å².